The first kappa shape index (κ1) is 17.7. The fourth-order valence-electron chi connectivity index (χ4n) is 1.82. The number of halogens is 1. The number of rotatable bonds is 8. The highest BCUT2D eigenvalue weighted by Crippen LogP contribution is 2.27. The van der Waals surface area contributed by atoms with E-state index in [1.165, 1.54) is 0 Å². The summed E-state index contributed by atoms with van der Waals surface area (Å²) < 4.78 is 5.64. The van der Waals surface area contributed by atoms with Gasteiger partial charge in [-0.15, -0.1) is 0 Å². The van der Waals surface area contributed by atoms with Crippen LogP contribution in [0, 0.1) is 0 Å². The molecule has 0 aliphatic carbocycles. The summed E-state index contributed by atoms with van der Waals surface area (Å²) in [6.45, 7) is 4.45. The summed E-state index contributed by atoms with van der Waals surface area (Å²) in [5, 5.41) is 3.25. The molecule has 1 atom stereocenters. The number of nitrogens with two attached hydrogens (primary N) is 1. The summed E-state index contributed by atoms with van der Waals surface area (Å²) in [5.74, 6) is 0.256. The summed E-state index contributed by atoms with van der Waals surface area (Å²) in [6, 6.07) is 5.10. The molecule has 0 spiro atoms. The van der Waals surface area contributed by atoms with Crippen molar-refractivity contribution in [3.8, 4) is 5.75 Å². The molecule has 0 bridgehead atoms. The molecule has 116 valence electrons. The van der Waals surface area contributed by atoms with Crippen LogP contribution >= 0.6 is 23.8 Å². The molecule has 1 rings (SSSR count). The van der Waals surface area contributed by atoms with Gasteiger partial charge in [0.15, 0.2) is 6.10 Å². The van der Waals surface area contributed by atoms with Crippen molar-refractivity contribution >= 4 is 34.7 Å². The van der Waals surface area contributed by atoms with E-state index in [9.17, 15) is 4.79 Å². The topological polar surface area (TPSA) is 64.3 Å². The van der Waals surface area contributed by atoms with Crippen LogP contribution in [0.1, 0.15) is 38.7 Å². The molecule has 4 nitrogen and oxygen atoms in total. The summed E-state index contributed by atoms with van der Waals surface area (Å²) in [4.78, 5) is 12.1. The predicted octanol–water partition coefficient (Wildman–Crippen LogP) is 3.05. The third-order valence-corrected chi connectivity index (χ3v) is 3.49. The van der Waals surface area contributed by atoms with Crippen LogP contribution in [0.25, 0.3) is 0 Å². The van der Waals surface area contributed by atoms with E-state index in [0.717, 1.165) is 19.3 Å². The summed E-state index contributed by atoms with van der Waals surface area (Å²) >= 11 is 11.0. The fraction of sp³-hybridized carbons (Fsp3) is 0.467. The Morgan fingerprint density at radius 1 is 1.48 bits per heavy atom. The van der Waals surface area contributed by atoms with Crippen LogP contribution in [0.4, 0.5) is 0 Å². The largest absolute Gasteiger partial charge is 0.480 e. The van der Waals surface area contributed by atoms with Gasteiger partial charge in [0.2, 0.25) is 0 Å². The maximum Gasteiger partial charge on any atom is 0.260 e. The highest BCUT2D eigenvalue weighted by Gasteiger charge is 2.18. The molecule has 3 N–H and O–H groups in total. The van der Waals surface area contributed by atoms with Gasteiger partial charge < -0.3 is 15.8 Å². The van der Waals surface area contributed by atoms with Crippen LogP contribution in [0.2, 0.25) is 5.02 Å². The molecule has 0 saturated heterocycles. The molecular formula is C15H21ClN2O2S. The first-order valence-corrected chi connectivity index (χ1v) is 7.78. The molecule has 0 fully saturated rings. The molecule has 1 unspecified atom stereocenters. The summed E-state index contributed by atoms with van der Waals surface area (Å²) in [5.41, 5.74) is 6.11. The first-order chi connectivity index (χ1) is 9.97. The minimum absolute atomic E-state index is 0.145. The van der Waals surface area contributed by atoms with Gasteiger partial charge in [0.05, 0.1) is 10.6 Å². The van der Waals surface area contributed by atoms with E-state index in [4.69, 9.17) is 34.3 Å². The van der Waals surface area contributed by atoms with Crippen LogP contribution < -0.4 is 15.8 Å². The number of hydrogen-bond donors (Lipinski definition) is 2. The Kier molecular flexibility index (Phi) is 7.47. The molecule has 0 aliphatic rings. The Bertz CT molecular complexity index is 508. The molecule has 1 aromatic carbocycles. The van der Waals surface area contributed by atoms with Crippen LogP contribution in [0.5, 0.6) is 5.75 Å². The van der Waals surface area contributed by atoms with Crippen molar-refractivity contribution in [3.05, 3.63) is 28.8 Å². The first-order valence-electron chi connectivity index (χ1n) is 7.00. The molecule has 0 heterocycles. The van der Waals surface area contributed by atoms with Crippen molar-refractivity contribution in [1.29, 1.82) is 0 Å². The number of hydrogen-bond acceptors (Lipinski definition) is 3. The molecule has 1 aromatic rings. The number of amides is 1. The molecule has 0 aliphatic heterocycles. The van der Waals surface area contributed by atoms with E-state index in [1.54, 1.807) is 25.1 Å². The fourth-order valence-corrected chi connectivity index (χ4v) is 2.35. The zero-order chi connectivity index (χ0) is 15.8. The van der Waals surface area contributed by atoms with Crippen molar-refractivity contribution in [3.63, 3.8) is 0 Å². The lowest BCUT2D eigenvalue weighted by molar-refractivity contribution is -0.127. The van der Waals surface area contributed by atoms with Gasteiger partial charge >= 0.3 is 0 Å². The average Bonchev–Trinajstić information content (AvgIpc) is 2.43. The van der Waals surface area contributed by atoms with Crippen LogP contribution in [0.15, 0.2) is 18.2 Å². The highest BCUT2D eigenvalue weighted by molar-refractivity contribution is 7.80. The molecule has 0 saturated carbocycles. The van der Waals surface area contributed by atoms with Crippen LogP contribution in [-0.2, 0) is 4.79 Å². The normalized spacial score (nSPS) is 11.8. The average molecular weight is 329 g/mol. The number of unbranched alkanes of at least 4 members (excludes halogenated alkanes) is 2. The van der Waals surface area contributed by atoms with Gasteiger partial charge in [-0.1, -0.05) is 49.7 Å². The lowest BCUT2D eigenvalue weighted by Gasteiger charge is -2.17. The zero-order valence-electron chi connectivity index (χ0n) is 12.3. The second-order valence-corrected chi connectivity index (χ2v) is 5.58. The van der Waals surface area contributed by atoms with Gasteiger partial charge in [-0.3, -0.25) is 4.79 Å². The van der Waals surface area contributed by atoms with Gasteiger partial charge in [0, 0.05) is 6.54 Å². The van der Waals surface area contributed by atoms with Crippen molar-refractivity contribution in [1.82, 2.24) is 5.32 Å². The molecule has 0 aromatic heterocycles. The Morgan fingerprint density at radius 3 is 2.81 bits per heavy atom. The molecule has 6 heteroatoms. The van der Waals surface area contributed by atoms with Crippen molar-refractivity contribution < 1.29 is 9.53 Å². The standard InChI is InChI=1S/C15H21ClN2O2S/c1-3-4-5-9-18-15(19)10(2)20-12-8-6-7-11(16)13(12)14(17)21/h6-8,10H,3-5,9H2,1-2H3,(H2,17,21)(H,18,19). The Labute approximate surface area is 136 Å². The van der Waals surface area contributed by atoms with Crippen molar-refractivity contribution in [2.75, 3.05) is 6.54 Å². The number of carbonyl (C=O) groups excluding carboxylic acids is 1. The van der Waals surface area contributed by atoms with Crippen molar-refractivity contribution in [2.24, 2.45) is 5.73 Å². The monoisotopic (exact) mass is 328 g/mol. The van der Waals surface area contributed by atoms with Crippen LogP contribution in [0.3, 0.4) is 0 Å². The third-order valence-electron chi connectivity index (χ3n) is 2.97. The number of nitrogens with one attached hydrogen (secondary N) is 1. The number of thiocarbonyl (C=S) groups is 1. The van der Waals surface area contributed by atoms with Crippen LogP contribution in [-0.4, -0.2) is 23.5 Å². The Hall–Kier alpha value is -1.33. The molecule has 0 radical (unpaired) electrons. The zero-order valence-corrected chi connectivity index (χ0v) is 13.9. The van der Waals surface area contributed by atoms with Gasteiger partial charge in [0.1, 0.15) is 10.7 Å². The van der Waals surface area contributed by atoms with E-state index in [1.807, 2.05) is 0 Å². The summed E-state index contributed by atoms with van der Waals surface area (Å²) in [7, 11) is 0. The van der Waals surface area contributed by atoms with Gasteiger partial charge in [0.25, 0.3) is 5.91 Å². The molecular weight excluding hydrogens is 308 g/mol. The molecule has 21 heavy (non-hydrogen) atoms. The lowest BCUT2D eigenvalue weighted by Crippen LogP contribution is -2.37. The maximum atomic E-state index is 11.9. The smallest absolute Gasteiger partial charge is 0.260 e. The second-order valence-electron chi connectivity index (χ2n) is 4.74. The van der Waals surface area contributed by atoms with Crippen molar-refractivity contribution in [2.45, 2.75) is 39.2 Å². The summed E-state index contributed by atoms with van der Waals surface area (Å²) in [6.07, 6.45) is 2.53. The van der Waals surface area contributed by atoms with E-state index < -0.39 is 6.10 Å². The Morgan fingerprint density at radius 2 is 2.19 bits per heavy atom. The highest BCUT2D eigenvalue weighted by atomic mass is 35.5. The Balaban J connectivity index is 2.66. The SMILES string of the molecule is CCCCCNC(=O)C(C)Oc1cccc(Cl)c1C(N)=S. The quantitative estimate of drug-likeness (QED) is 0.568. The van der Waals surface area contributed by atoms with E-state index in [-0.39, 0.29) is 10.9 Å². The minimum Gasteiger partial charge on any atom is -0.480 e. The van der Waals surface area contributed by atoms with Gasteiger partial charge in [-0.05, 0) is 25.5 Å². The van der Waals surface area contributed by atoms with E-state index in [0.29, 0.717) is 22.9 Å². The lowest BCUT2D eigenvalue weighted by atomic mass is 10.2. The number of carbonyl (C=O) groups is 1. The van der Waals surface area contributed by atoms with Gasteiger partial charge in [-0.25, -0.2) is 0 Å². The maximum absolute atomic E-state index is 11.9. The van der Waals surface area contributed by atoms with Gasteiger partial charge in [-0.2, -0.15) is 0 Å². The number of benzene rings is 1. The van der Waals surface area contributed by atoms with E-state index >= 15 is 0 Å². The second kappa shape index (κ2) is 8.85. The molecule has 1 amide bonds. The number of ether oxygens (including phenoxy) is 1. The van der Waals surface area contributed by atoms with E-state index in [2.05, 4.69) is 12.2 Å². The minimum atomic E-state index is -0.641. The predicted molar refractivity (Wildman–Crippen MR) is 90.0 cm³/mol. The third kappa shape index (κ3) is 5.52.